The number of aliphatic hydroxyl groups excluding tert-OH is 2. The number of fused-ring (bicyclic) bond motifs is 3. The Hall–Kier alpha value is -3.06. The van der Waals surface area contributed by atoms with E-state index in [1.165, 1.54) is 19.2 Å². The molecule has 3 aliphatic rings. The molecule has 0 saturated carbocycles. The number of methoxy groups -OCH3 is 1. The largest absolute Gasteiger partial charge is 0.507 e. The number of carbonyl (C=O) groups is 2. The predicted molar refractivity (Wildman–Crippen MR) is 131 cm³/mol. The molecule has 0 bridgehead atoms. The van der Waals surface area contributed by atoms with Crippen molar-refractivity contribution >= 4 is 11.6 Å². The van der Waals surface area contributed by atoms with Gasteiger partial charge in [0.05, 0.1) is 47.7 Å². The van der Waals surface area contributed by atoms with Gasteiger partial charge in [-0.2, -0.15) is 0 Å². The smallest absolute Gasteiger partial charge is 0.202 e. The number of aromatic hydroxyl groups is 2. The van der Waals surface area contributed by atoms with Crippen molar-refractivity contribution in [3.63, 3.8) is 0 Å². The van der Waals surface area contributed by atoms with E-state index >= 15 is 0 Å². The van der Waals surface area contributed by atoms with Gasteiger partial charge in [-0.3, -0.25) is 9.59 Å². The highest BCUT2D eigenvalue weighted by Gasteiger charge is 2.47. The fraction of sp³-hybridized carbons (Fsp3) is 0.481. The van der Waals surface area contributed by atoms with Gasteiger partial charge >= 0.3 is 0 Å². The number of benzene rings is 2. The standard InChI is InChI=1S/C27H31NO10/c1-11-22(30)14(28)8-17(37-11)38-16-10-27(35,6-7-29)9-13-19(16)26(34)21-20(24(13)32)23(31)12-4-3-5-15(36-2)18(12)25(21)33/h3-5,11,14,16-17,22,29-30,32,34-35H,6-10,28H2,1-2H3/t11?,14?,16-,17-,22+,27-/m0/s1. The van der Waals surface area contributed by atoms with Gasteiger partial charge in [0, 0.05) is 48.6 Å². The molecular weight excluding hydrogens is 498 g/mol. The molecule has 204 valence electrons. The summed E-state index contributed by atoms with van der Waals surface area (Å²) >= 11 is 0. The van der Waals surface area contributed by atoms with Crippen molar-refractivity contribution in [3.05, 3.63) is 51.6 Å². The lowest BCUT2D eigenvalue weighted by atomic mass is 9.72. The minimum atomic E-state index is -1.56. The second-order valence-corrected chi connectivity index (χ2v) is 10.2. The maximum atomic E-state index is 13.6. The van der Waals surface area contributed by atoms with Crippen LogP contribution < -0.4 is 10.5 Å². The van der Waals surface area contributed by atoms with Gasteiger partial charge in [0.15, 0.2) is 12.1 Å². The molecule has 2 unspecified atom stereocenters. The van der Waals surface area contributed by atoms with Gasteiger partial charge in [-0.25, -0.2) is 0 Å². The van der Waals surface area contributed by atoms with Gasteiger partial charge in [0.1, 0.15) is 17.2 Å². The Morgan fingerprint density at radius 2 is 1.84 bits per heavy atom. The fourth-order valence-corrected chi connectivity index (χ4v) is 5.86. The summed E-state index contributed by atoms with van der Waals surface area (Å²) in [7, 11) is 1.35. The summed E-state index contributed by atoms with van der Waals surface area (Å²) < 4.78 is 17.2. The maximum absolute atomic E-state index is 13.6. The first kappa shape index (κ1) is 26.5. The van der Waals surface area contributed by atoms with Gasteiger partial charge in [0.2, 0.25) is 5.78 Å². The van der Waals surface area contributed by atoms with E-state index in [-0.39, 0.29) is 71.4 Å². The molecule has 1 saturated heterocycles. The third kappa shape index (κ3) is 4.06. The number of nitrogens with two attached hydrogens (primary N) is 1. The van der Waals surface area contributed by atoms with Gasteiger partial charge in [-0.05, 0) is 19.4 Å². The van der Waals surface area contributed by atoms with E-state index in [2.05, 4.69) is 0 Å². The summed E-state index contributed by atoms with van der Waals surface area (Å²) in [5.74, 6) is -2.33. The van der Waals surface area contributed by atoms with Crippen molar-refractivity contribution in [1.82, 2.24) is 0 Å². The molecule has 38 heavy (non-hydrogen) atoms. The number of ketones is 2. The SMILES string of the molecule is COc1cccc2c1C(=O)c1c(O)c3c(c(O)c1C2=O)C[C@@](O)(CCO)C[C@@H]3O[C@H]1CC(N)[C@H](O)C(C)O1. The van der Waals surface area contributed by atoms with Crippen molar-refractivity contribution in [3.8, 4) is 17.2 Å². The van der Waals surface area contributed by atoms with Crippen LogP contribution in [0.1, 0.15) is 75.3 Å². The van der Waals surface area contributed by atoms with Crippen molar-refractivity contribution in [2.24, 2.45) is 5.73 Å². The fourth-order valence-electron chi connectivity index (χ4n) is 5.86. The van der Waals surface area contributed by atoms with Crippen molar-refractivity contribution in [2.45, 2.75) is 68.9 Å². The molecule has 1 fully saturated rings. The lowest BCUT2D eigenvalue weighted by Crippen LogP contribution is -2.52. The van der Waals surface area contributed by atoms with Crippen LogP contribution >= 0.6 is 0 Å². The van der Waals surface area contributed by atoms with Crippen LogP contribution in [0.15, 0.2) is 18.2 Å². The average Bonchev–Trinajstić information content (AvgIpc) is 2.87. The van der Waals surface area contributed by atoms with E-state index in [9.17, 15) is 35.1 Å². The zero-order valence-electron chi connectivity index (χ0n) is 21.0. The van der Waals surface area contributed by atoms with Crippen LogP contribution in [0.3, 0.4) is 0 Å². The quantitative estimate of drug-likeness (QED) is 0.257. The molecule has 2 aromatic carbocycles. The summed E-state index contributed by atoms with van der Waals surface area (Å²) in [5.41, 5.74) is 3.79. The molecule has 1 heterocycles. The normalized spacial score (nSPS) is 30.4. The molecule has 6 atom stereocenters. The number of phenolic OH excluding ortho intramolecular Hbond substituents is 2. The number of hydrogen-bond acceptors (Lipinski definition) is 11. The van der Waals surface area contributed by atoms with Gasteiger partial charge in [0.25, 0.3) is 0 Å². The van der Waals surface area contributed by atoms with Crippen LogP contribution in [-0.2, 0) is 15.9 Å². The van der Waals surface area contributed by atoms with Crippen LogP contribution in [-0.4, -0.2) is 81.0 Å². The summed E-state index contributed by atoms with van der Waals surface area (Å²) in [6.07, 6.45) is -3.89. The van der Waals surface area contributed by atoms with Crippen molar-refractivity contribution in [1.29, 1.82) is 0 Å². The van der Waals surface area contributed by atoms with E-state index < -0.39 is 59.3 Å². The van der Waals surface area contributed by atoms with Crippen LogP contribution in [0, 0.1) is 0 Å². The van der Waals surface area contributed by atoms with E-state index in [1.807, 2.05) is 0 Å². The molecular formula is C27H31NO10. The lowest BCUT2D eigenvalue weighted by molar-refractivity contribution is -0.248. The average molecular weight is 530 g/mol. The lowest BCUT2D eigenvalue weighted by Gasteiger charge is -2.42. The minimum absolute atomic E-state index is 0.0165. The number of rotatable bonds is 5. The highest BCUT2D eigenvalue weighted by molar-refractivity contribution is 6.31. The highest BCUT2D eigenvalue weighted by Crippen LogP contribution is 2.52. The predicted octanol–water partition coefficient (Wildman–Crippen LogP) is 0.822. The van der Waals surface area contributed by atoms with E-state index in [0.717, 1.165) is 0 Å². The molecule has 1 aliphatic heterocycles. The summed E-state index contributed by atoms with van der Waals surface area (Å²) in [6.45, 7) is 1.26. The second kappa shape index (κ2) is 9.60. The molecule has 0 radical (unpaired) electrons. The van der Waals surface area contributed by atoms with Crippen LogP contribution in [0.25, 0.3) is 0 Å². The molecule has 2 aliphatic carbocycles. The second-order valence-electron chi connectivity index (χ2n) is 10.2. The monoisotopic (exact) mass is 529 g/mol. The summed E-state index contributed by atoms with van der Waals surface area (Å²) in [5, 5.41) is 53.9. The number of phenols is 2. The van der Waals surface area contributed by atoms with Crippen LogP contribution in [0.2, 0.25) is 0 Å². The molecule has 0 aromatic heterocycles. The zero-order chi connectivity index (χ0) is 27.5. The zero-order valence-corrected chi connectivity index (χ0v) is 21.0. The molecule has 5 rings (SSSR count). The molecule has 0 spiro atoms. The molecule has 2 aromatic rings. The third-order valence-electron chi connectivity index (χ3n) is 7.80. The third-order valence-corrected chi connectivity index (χ3v) is 7.80. The Balaban J connectivity index is 1.66. The van der Waals surface area contributed by atoms with E-state index in [4.69, 9.17) is 19.9 Å². The summed E-state index contributed by atoms with van der Waals surface area (Å²) in [4.78, 5) is 27.1. The van der Waals surface area contributed by atoms with Crippen LogP contribution in [0.4, 0.5) is 0 Å². The first-order valence-electron chi connectivity index (χ1n) is 12.5. The Bertz CT molecular complexity index is 1300. The van der Waals surface area contributed by atoms with E-state index in [1.54, 1.807) is 13.0 Å². The minimum Gasteiger partial charge on any atom is -0.507 e. The topological polar surface area (TPSA) is 189 Å². The number of aliphatic hydroxyl groups is 3. The van der Waals surface area contributed by atoms with Crippen molar-refractivity contribution in [2.75, 3.05) is 13.7 Å². The first-order chi connectivity index (χ1) is 18.0. The number of ether oxygens (including phenoxy) is 3. The van der Waals surface area contributed by atoms with Crippen LogP contribution in [0.5, 0.6) is 17.2 Å². The Morgan fingerprint density at radius 1 is 1.13 bits per heavy atom. The Labute approximate surface area is 218 Å². The Morgan fingerprint density at radius 3 is 2.50 bits per heavy atom. The van der Waals surface area contributed by atoms with E-state index in [0.29, 0.717) is 0 Å². The van der Waals surface area contributed by atoms with Gasteiger partial charge < -0.3 is 45.5 Å². The van der Waals surface area contributed by atoms with Gasteiger partial charge in [-0.15, -0.1) is 0 Å². The maximum Gasteiger partial charge on any atom is 0.202 e. The summed E-state index contributed by atoms with van der Waals surface area (Å²) in [6, 6.07) is 3.84. The molecule has 11 heteroatoms. The van der Waals surface area contributed by atoms with Crippen molar-refractivity contribution < 1.29 is 49.3 Å². The number of hydrogen-bond donors (Lipinski definition) is 6. The molecule has 7 N–H and O–H groups in total. The van der Waals surface area contributed by atoms with Gasteiger partial charge in [-0.1, -0.05) is 12.1 Å². The molecule has 0 amide bonds. The Kier molecular flexibility index (Phi) is 6.70. The molecule has 11 nitrogen and oxygen atoms in total. The first-order valence-corrected chi connectivity index (χ1v) is 12.5. The highest BCUT2D eigenvalue weighted by atomic mass is 16.7. The number of carbonyl (C=O) groups excluding carboxylic acids is 2.